The van der Waals surface area contributed by atoms with E-state index in [-0.39, 0.29) is 12.1 Å². The van der Waals surface area contributed by atoms with Gasteiger partial charge >= 0.3 is 12.2 Å². The van der Waals surface area contributed by atoms with Crippen molar-refractivity contribution in [2.45, 2.75) is 12.2 Å². The van der Waals surface area contributed by atoms with Gasteiger partial charge in [0.25, 0.3) is 0 Å². The summed E-state index contributed by atoms with van der Waals surface area (Å²) in [6.07, 6.45) is -9.37. The van der Waals surface area contributed by atoms with E-state index >= 15 is 0 Å². The van der Waals surface area contributed by atoms with Gasteiger partial charge in [-0.1, -0.05) is 6.07 Å². The van der Waals surface area contributed by atoms with Gasteiger partial charge in [0, 0.05) is 0 Å². The normalized spacial score (nSPS) is 19.5. The van der Waals surface area contributed by atoms with Crippen molar-refractivity contribution in [2.75, 3.05) is 5.32 Å². The van der Waals surface area contributed by atoms with Crippen molar-refractivity contribution in [1.82, 2.24) is 0 Å². The van der Waals surface area contributed by atoms with Crippen LogP contribution in [0.2, 0.25) is 0 Å². The number of anilines is 1. The Hall–Kier alpha value is -1.99. The van der Waals surface area contributed by atoms with E-state index in [2.05, 4.69) is 9.47 Å². The SMILES string of the molecule is O=CNc1cccc2c1OC(F)(F)C(F)(F)O2. The van der Waals surface area contributed by atoms with E-state index in [1.54, 1.807) is 0 Å². The first-order chi connectivity index (χ1) is 7.87. The van der Waals surface area contributed by atoms with E-state index in [0.717, 1.165) is 6.07 Å². The lowest BCUT2D eigenvalue weighted by Crippen LogP contribution is -2.52. The third-order valence-corrected chi connectivity index (χ3v) is 2.00. The second-order valence-corrected chi connectivity index (χ2v) is 3.13. The van der Waals surface area contributed by atoms with Crippen molar-refractivity contribution >= 4 is 12.1 Å². The van der Waals surface area contributed by atoms with Gasteiger partial charge in [-0.3, -0.25) is 4.79 Å². The van der Waals surface area contributed by atoms with Crippen molar-refractivity contribution in [1.29, 1.82) is 0 Å². The number of hydrogen-bond acceptors (Lipinski definition) is 3. The predicted octanol–water partition coefficient (Wildman–Crippen LogP) is 2.21. The highest BCUT2D eigenvalue weighted by Crippen LogP contribution is 2.49. The highest BCUT2D eigenvalue weighted by molar-refractivity contribution is 5.77. The van der Waals surface area contributed by atoms with E-state index in [1.165, 1.54) is 12.1 Å². The summed E-state index contributed by atoms with van der Waals surface area (Å²) < 4.78 is 59.1. The lowest BCUT2D eigenvalue weighted by molar-refractivity contribution is -0.391. The summed E-state index contributed by atoms with van der Waals surface area (Å²) in [5.74, 6) is -1.22. The van der Waals surface area contributed by atoms with Gasteiger partial charge in [0.2, 0.25) is 6.41 Å². The van der Waals surface area contributed by atoms with Crippen LogP contribution in [0.25, 0.3) is 0 Å². The van der Waals surface area contributed by atoms with Gasteiger partial charge in [-0.25, -0.2) is 0 Å². The standard InChI is InChI=1S/C9H5F4NO3/c10-8(11)9(12,13)17-7-5(14-4-15)2-1-3-6(7)16-8/h1-4H,(H,14,15). The molecule has 1 heterocycles. The maximum Gasteiger partial charge on any atom is 0.507 e. The molecular formula is C9H5F4NO3. The van der Waals surface area contributed by atoms with Gasteiger partial charge in [0.15, 0.2) is 11.5 Å². The Morgan fingerprint density at radius 1 is 1.12 bits per heavy atom. The molecule has 1 aliphatic heterocycles. The molecule has 0 aliphatic carbocycles. The van der Waals surface area contributed by atoms with Gasteiger partial charge in [0.05, 0.1) is 5.69 Å². The number of rotatable bonds is 2. The highest BCUT2D eigenvalue weighted by Gasteiger charge is 2.66. The summed E-state index contributed by atoms with van der Waals surface area (Å²) in [5, 5.41) is 2.04. The van der Waals surface area contributed by atoms with Crippen molar-refractivity contribution in [2.24, 2.45) is 0 Å². The minimum atomic E-state index is -4.80. The summed E-state index contributed by atoms with van der Waals surface area (Å²) >= 11 is 0. The molecule has 17 heavy (non-hydrogen) atoms. The molecule has 0 saturated heterocycles. The van der Waals surface area contributed by atoms with Crippen molar-refractivity contribution in [3.8, 4) is 11.5 Å². The minimum Gasteiger partial charge on any atom is -0.421 e. The molecule has 0 spiro atoms. The van der Waals surface area contributed by atoms with Crippen LogP contribution in [0.15, 0.2) is 18.2 Å². The molecule has 1 aromatic rings. The number of fused-ring (bicyclic) bond motifs is 1. The topological polar surface area (TPSA) is 47.6 Å². The van der Waals surface area contributed by atoms with Crippen LogP contribution >= 0.6 is 0 Å². The van der Waals surface area contributed by atoms with Crippen LogP contribution in [0, 0.1) is 0 Å². The van der Waals surface area contributed by atoms with Crippen LogP contribution in [0.3, 0.4) is 0 Å². The molecule has 2 rings (SSSR count). The first kappa shape index (κ1) is 11.5. The zero-order chi connectivity index (χ0) is 12.7. The second-order valence-electron chi connectivity index (χ2n) is 3.13. The maximum absolute atomic E-state index is 12.9. The molecule has 4 nitrogen and oxygen atoms in total. The lowest BCUT2D eigenvalue weighted by Gasteiger charge is -2.32. The third-order valence-electron chi connectivity index (χ3n) is 2.00. The quantitative estimate of drug-likeness (QED) is 0.647. The van der Waals surface area contributed by atoms with Gasteiger partial charge in [-0.2, -0.15) is 17.6 Å². The second kappa shape index (κ2) is 3.51. The molecular weight excluding hydrogens is 246 g/mol. The smallest absolute Gasteiger partial charge is 0.421 e. The van der Waals surface area contributed by atoms with E-state index in [0.29, 0.717) is 0 Å². The average molecular weight is 251 g/mol. The van der Waals surface area contributed by atoms with Gasteiger partial charge in [0.1, 0.15) is 0 Å². The minimum absolute atomic E-state index is 0.187. The summed E-state index contributed by atoms with van der Waals surface area (Å²) in [4.78, 5) is 10.2. The summed E-state index contributed by atoms with van der Waals surface area (Å²) in [6.45, 7) is 0. The highest BCUT2D eigenvalue weighted by atomic mass is 19.3. The summed E-state index contributed by atoms with van der Waals surface area (Å²) in [5.41, 5.74) is -0.187. The zero-order valence-electron chi connectivity index (χ0n) is 8.05. The molecule has 0 bridgehead atoms. The molecule has 0 unspecified atom stereocenters. The Morgan fingerprint density at radius 3 is 2.41 bits per heavy atom. The Bertz CT molecular complexity index is 464. The Morgan fingerprint density at radius 2 is 1.76 bits per heavy atom. The number of carbonyl (C=O) groups excluding carboxylic acids is 1. The first-order valence-corrected chi connectivity index (χ1v) is 4.34. The van der Waals surface area contributed by atoms with Crippen molar-refractivity contribution in [3.05, 3.63) is 18.2 Å². The Labute approximate surface area is 92.1 Å². The largest absolute Gasteiger partial charge is 0.507 e. The summed E-state index contributed by atoms with van der Waals surface area (Å²) in [7, 11) is 0. The Kier molecular flexibility index (Phi) is 2.37. The Balaban J connectivity index is 2.49. The zero-order valence-corrected chi connectivity index (χ0v) is 8.05. The van der Waals surface area contributed by atoms with Crippen LogP contribution in [0.1, 0.15) is 0 Å². The molecule has 0 atom stereocenters. The van der Waals surface area contributed by atoms with Crippen LogP contribution in [0.5, 0.6) is 11.5 Å². The number of ether oxygens (including phenoxy) is 2. The molecule has 1 aromatic carbocycles. The molecule has 1 N–H and O–H groups in total. The number of carbonyl (C=O) groups is 1. The molecule has 8 heteroatoms. The van der Waals surface area contributed by atoms with Gasteiger partial charge < -0.3 is 14.8 Å². The number of amides is 1. The average Bonchev–Trinajstić information content (AvgIpc) is 2.21. The van der Waals surface area contributed by atoms with Crippen LogP contribution in [-0.4, -0.2) is 18.6 Å². The maximum atomic E-state index is 12.9. The van der Waals surface area contributed by atoms with E-state index in [9.17, 15) is 22.4 Å². The fraction of sp³-hybridized carbons (Fsp3) is 0.222. The van der Waals surface area contributed by atoms with Crippen LogP contribution < -0.4 is 14.8 Å². The van der Waals surface area contributed by atoms with Crippen LogP contribution in [-0.2, 0) is 4.79 Å². The molecule has 0 fully saturated rings. The number of para-hydroxylation sites is 1. The first-order valence-electron chi connectivity index (χ1n) is 4.34. The number of benzene rings is 1. The number of nitrogens with one attached hydrogen (secondary N) is 1. The molecule has 92 valence electrons. The van der Waals surface area contributed by atoms with Gasteiger partial charge in [-0.15, -0.1) is 0 Å². The molecule has 1 amide bonds. The van der Waals surface area contributed by atoms with E-state index in [1.807, 2.05) is 5.32 Å². The monoisotopic (exact) mass is 251 g/mol. The number of alkyl halides is 4. The van der Waals surface area contributed by atoms with Gasteiger partial charge in [-0.05, 0) is 12.1 Å². The van der Waals surface area contributed by atoms with E-state index in [4.69, 9.17) is 0 Å². The number of hydrogen-bond donors (Lipinski definition) is 1. The van der Waals surface area contributed by atoms with Crippen molar-refractivity contribution in [3.63, 3.8) is 0 Å². The lowest BCUT2D eigenvalue weighted by atomic mass is 10.2. The molecule has 1 aliphatic rings. The van der Waals surface area contributed by atoms with E-state index < -0.39 is 23.7 Å². The molecule has 0 saturated carbocycles. The third kappa shape index (κ3) is 1.75. The summed E-state index contributed by atoms with van der Waals surface area (Å²) in [6, 6.07) is 3.47. The fourth-order valence-corrected chi connectivity index (χ4v) is 1.26. The fourth-order valence-electron chi connectivity index (χ4n) is 1.26. The molecule has 0 aromatic heterocycles. The van der Waals surface area contributed by atoms with Crippen molar-refractivity contribution < 1.29 is 31.8 Å². The molecule has 0 radical (unpaired) electrons. The van der Waals surface area contributed by atoms with Crippen LogP contribution in [0.4, 0.5) is 23.2 Å². The number of halogens is 4. The predicted molar refractivity (Wildman–Crippen MR) is 47.3 cm³/mol.